The van der Waals surface area contributed by atoms with Crippen molar-refractivity contribution in [3.05, 3.63) is 12.2 Å². The van der Waals surface area contributed by atoms with E-state index in [1.54, 1.807) is 28.5 Å². The maximum Gasteiger partial charge on any atom is 0.333 e. The minimum Gasteiger partial charge on any atom is -0.460 e. The van der Waals surface area contributed by atoms with Crippen molar-refractivity contribution in [1.29, 1.82) is 0 Å². The Morgan fingerprint density at radius 2 is 2.06 bits per heavy atom. The topological polar surface area (TPSA) is 61.5 Å². The van der Waals surface area contributed by atoms with Crippen LogP contribution in [0.1, 0.15) is 20.8 Å². The molecule has 100 valence electrons. The highest BCUT2D eigenvalue weighted by atomic mass is 33.1. The van der Waals surface area contributed by atoms with Crippen molar-refractivity contribution in [2.75, 3.05) is 25.7 Å². The number of carbonyl (C=O) groups is 1. The molecule has 4 nitrogen and oxygen atoms in total. The van der Waals surface area contributed by atoms with E-state index in [0.717, 1.165) is 0 Å². The molecule has 6 heteroatoms. The molecule has 0 saturated heterocycles. The molecule has 0 bridgehead atoms. The summed E-state index contributed by atoms with van der Waals surface area (Å²) in [6.45, 7) is 10.6. The van der Waals surface area contributed by atoms with Crippen molar-refractivity contribution in [2.24, 2.45) is 5.73 Å². The summed E-state index contributed by atoms with van der Waals surface area (Å²) in [7, 11) is 3.30. The van der Waals surface area contributed by atoms with E-state index in [-0.39, 0.29) is 17.3 Å². The minimum absolute atomic E-state index is 0.0560. The molecule has 2 N–H and O–H groups in total. The van der Waals surface area contributed by atoms with Crippen LogP contribution in [-0.4, -0.2) is 36.4 Å². The molecule has 0 atom stereocenters. The van der Waals surface area contributed by atoms with Gasteiger partial charge in [0.05, 0.1) is 6.61 Å². The highest BCUT2D eigenvalue weighted by Gasteiger charge is 2.16. The van der Waals surface area contributed by atoms with Gasteiger partial charge in [-0.1, -0.05) is 28.2 Å². The van der Waals surface area contributed by atoms with Crippen LogP contribution in [0, 0.1) is 0 Å². The predicted octanol–water partition coefficient (Wildman–Crippen LogP) is 2.20. The first-order valence-corrected chi connectivity index (χ1v) is 7.62. The largest absolute Gasteiger partial charge is 0.460 e. The van der Waals surface area contributed by atoms with Gasteiger partial charge in [-0.2, -0.15) is 0 Å². The second-order valence-corrected chi connectivity index (χ2v) is 7.06. The Morgan fingerprint density at radius 3 is 2.59 bits per heavy atom. The lowest BCUT2D eigenvalue weighted by molar-refractivity contribution is -0.140. The van der Waals surface area contributed by atoms with Crippen LogP contribution in [-0.2, 0) is 14.3 Å². The number of carbonyl (C=O) groups excluding carboxylic acids is 1. The van der Waals surface area contributed by atoms with Crippen LogP contribution < -0.4 is 5.73 Å². The van der Waals surface area contributed by atoms with E-state index >= 15 is 0 Å². The van der Waals surface area contributed by atoms with Gasteiger partial charge < -0.3 is 15.2 Å². The smallest absolute Gasteiger partial charge is 0.333 e. The average molecular weight is 279 g/mol. The molecule has 0 aliphatic heterocycles. The van der Waals surface area contributed by atoms with Crippen LogP contribution in [0.15, 0.2) is 12.2 Å². The molecule has 0 radical (unpaired) electrons. The molecule has 0 spiro atoms. The lowest BCUT2D eigenvalue weighted by Crippen LogP contribution is -2.25. The molecule has 0 aliphatic rings. The van der Waals surface area contributed by atoms with E-state index in [1.165, 1.54) is 0 Å². The standard InChI is InChI=1S/C11H21NO3S2/c1-9(2)10(13)15-6-5-14-8-16-17-11(3,4)7-12/h1,5-8,12H2,2-4H3. The van der Waals surface area contributed by atoms with Crippen LogP contribution in [0.4, 0.5) is 0 Å². The monoisotopic (exact) mass is 279 g/mol. The van der Waals surface area contributed by atoms with E-state index in [2.05, 4.69) is 20.4 Å². The highest BCUT2D eigenvalue weighted by molar-refractivity contribution is 8.77. The molecule has 17 heavy (non-hydrogen) atoms. The van der Waals surface area contributed by atoms with Crippen LogP contribution in [0.25, 0.3) is 0 Å². The summed E-state index contributed by atoms with van der Waals surface area (Å²) >= 11 is 0. The maximum absolute atomic E-state index is 11.0. The first-order chi connectivity index (χ1) is 7.89. The molecule has 0 aliphatic carbocycles. The van der Waals surface area contributed by atoms with Gasteiger partial charge in [-0.05, 0) is 20.8 Å². The Labute approximate surface area is 111 Å². The number of hydrogen-bond acceptors (Lipinski definition) is 6. The van der Waals surface area contributed by atoms with Crippen LogP contribution in [0.5, 0.6) is 0 Å². The fourth-order valence-corrected chi connectivity index (χ4v) is 2.76. The zero-order valence-electron chi connectivity index (χ0n) is 10.7. The molecule has 0 unspecified atom stereocenters. The number of rotatable bonds is 9. The average Bonchev–Trinajstić information content (AvgIpc) is 2.27. The van der Waals surface area contributed by atoms with Gasteiger partial charge in [0.25, 0.3) is 0 Å². The van der Waals surface area contributed by atoms with Gasteiger partial charge in [0.15, 0.2) is 0 Å². The van der Waals surface area contributed by atoms with Gasteiger partial charge in [0, 0.05) is 16.9 Å². The molecule has 0 amide bonds. The summed E-state index contributed by atoms with van der Waals surface area (Å²) in [4.78, 5) is 11.0. The summed E-state index contributed by atoms with van der Waals surface area (Å²) in [6, 6.07) is 0. The fourth-order valence-electron chi connectivity index (χ4n) is 0.627. The van der Waals surface area contributed by atoms with Gasteiger partial charge in [0.1, 0.15) is 12.5 Å². The summed E-state index contributed by atoms with van der Waals surface area (Å²) in [5.74, 6) is 0.179. The maximum atomic E-state index is 11.0. The first kappa shape index (κ1) is 16.8. The van der Waals surface area contributed by atoms with E-state index in [0.29, 0.717) is 24.7 Å². The molecule has 0 aromatic carbocycles. The molecule has 0 fully saturated rings. The van der Waals surface area contributed by atoms with E-state index < -0.39 is 0 Å². The van der Waals surface area contributed by atoms with Crippen molar-refractivity contribution < 1.29 is 14.3 Å². The fraction of sp³-hybridized carbons (Fsp3) is 0.727. The third-order valence-corrected chi connectivity index (χ3v) is 4.71. The lowest BCUT2D eigenvalue weighted by atomic mass is 10.2. The van der Waals surface area contributed by atoms with Gasteiger partial charge in [0.2, 0.25) is 0 Å². The van der Waals surface area contributed by atoms with Crippen molar-refractivity contribution >= 4 is 27.6 Å². The normalized spacial score (nSPS) is 11.3. The molecule has 0 rings (SSSR count). The summed E-state index contributed by atoms with van der Waals surface area (Å²) in [6.07, 6.45) is 0. The summed E-state index contributed by atoms with van der Waals surface area (Å²) in [5, 5.41) is 0. The Bertz CT molecular complexity index is 257. The number of esters is 1. The van der Waals surface area contributed by atoms with Crippen molar-refractivity contribution in [3.63, 3.8) is 0 Å². The third-order valence-electron chi connectivity index (χ3n) is 1.72. The van der Waals surface area contributed by atoms with Gasteiger partial charge in [-0.25, -0.2) is 4.79 Å². The second kappa shape index (κ2) is 8.85. The van der Waals surface area contributed by atoms with E-state index in [1.807, 2.05) is 0 Å². The SMILES string of the molecule is C=C(C)C(=O)OCCOCSSC(C)(C)CN. The van der Waals surface area contributed by atoms with Crippen LogP contribution >= 0.6 is 21.6 Å². The summed E-state index contributed by atoms with van der Waals surface area (Å²) < 4.78 is 10.2. The summed E-state index contributed by atoms with van der Waals surface area (Å²) in [5.41, 5.74) is 5.99. The molecular weight excluding hydrogens is 258 g/mol. The number of hydrogen-bond donors (Lipinski definition) is 1. The third kappa shape index (κ3) is 9.52. The van der Waals surface area contributed by atoms with Crippen molar-refractivity contribution in [1.82, 2.24) is 0 Å². The minimum atomic E-state index is -0.375. The van der Waals surface area contributed by atoms with Crippen molar-refractivity contribution in [3.8, 4) is 0 Å². The Balaban J connectivity index is 3.36. The quantitative estimate of drug-likeness (QED) is 0.229. The molecule has 0 aromatic rings. The molecular formula is C11H21NO3S2. The molecule has 0 saturated carbocycles. The number of nitrogens with two attached hydrogens (primary N) is 1. The van der Waals surface area contributed by atoms with Crippen LogP contribution in [0.3, 0.4) is 0 Å². The van der Waals surface area contributed by atoms with Crippen LogP contribution in [0.2, 0.25) is 0 Å². The zero-order chi connectivity index (χ0) is 13.3. The second-order valence-electron chi connectivity index (χ2n) is 4.11. The highest BCUT2D eigenvalue weighted by Crippen LogP contribution is 2.34. The Morgan fingerprint density at radius 1 is 1.41 bits per heavy atom. The van der Waals surface area contributed by atoms with Gasteiger partial charge >= 0.3 is 5.97 Å². The van der Waals surface area contributed by atoms with Crippen molar-refractivity contribution in [2.45, 2.75) is 25.5 Å². The molecule has 0 heterocycles. The van der Waals surface area contributed by atoms with E-state index in [9.17, 15) is 4.79 Å². The van der Waals surface area contributed by atoms with Gasteiger partial charge in [-0.15, -0.1) is 0 Å². The predicted molar refractivity (Wildman–Crippen MR) is 74.9 cm³/mol. The Kier molecular flexibility index (Phi) is 8.77. The number of ether oxygens (including phenoxy) is 2. The first-order valence-electron chi connectivity index (χ1n) is 5.30. The van der Waals surface area contributed by atoms with Gasteiger partial charge in [-0.3, -0.25) is 0 Å². The van der Waals surface area contributed by atoms with E-state index in [4.69, 9.17) is 15.2 Å². The Hall–Kier alpha value is -0.170. The lowest BCUT2D eigenvalue weighted by Gasteiger charge is -2.20. The molecule has 0 aromatic heterocycles. The zero-order valence-corrected chi connectivity index (χ0v) is 12.3.